The molecule has 8 heteroatoms. The lowest BCUT2D eigenvalue weighted by Gasteiger charge is -2.22. The summed E-state index contributed by atoms with van der Waals surface area (Å²) in [6, 6.07) is 11.1. The molecule has 1 aromatic heterocycles. The summed E-state index contributed by atoms with van der Waals surface area (Å²) in [6.07, 6.45) is 9.41. The smallest absolute Gasteiger partial charge is 0.269 e. The van der Waals surface area contributed by atoms with E-state index in [0.717, 1.165) is 0 Å². The Morgan fingerprint density at radius 2 is 1.69 bits per heavy atom. The molecule has 0 unspecified atom stereocenters. The predicted molar refractivity (Wildman–Crippen MR) is 113 cm³/mol. The molecule has 0 bridgehead atoms. The van der Waals surface area contributed by atoms with Crippen LogP contribution >= 0.6 is 12.2 Å². The highest BCUT2D eigenvalue weighted by Crippen LogP contribution is 2.33. The van der Waals surface area contributed by atoms with E-state index in [0.29, 0.717) is 17.2 Å². The fraction of sp³-hybridized carbons (Fsp3) is 0.333. The van der Waals surface area contributed by atoms with Crippen LogP contribution in [0.2, 0.25) is 0 Å². The molecular weight excluding hydrogens is 388 g/mol. The van der Waals surface area contributed by atoms with Gasteiger partial charge in [-0.05, 0) is 60.8 Å². The quantitative estimate of drug-likeness (QED) is 0.517. The van der Waals surface area contributed by atoms with Crippen LogP contribution in [0.4, 0.5) is 0 Å². The van der Waals surface area contributed by atoms with Crippen LogP contribution in [-0.4, -0.2) is 28.5 Å². The number of rotatable bonds is 5. The summed E-state index contributed by atoms with van der Waals surface area (Å²) in [7, 11) is 0. The molecule has 29 heavy (non-hydrogen) atoms. The average molecular weight is 413 g/mol. The van der Waals surface area contributed by atoms with Crippen molar-refractivity contribution in [1.82, 2.24) is 21.2 Å². The molecule has 1 aliphatic rings. The third kappa shape index (κ3) is 6.53. The monoisotopic (exact) mass is 412 g/mol. The zero-order valence-electron chi connectivity index (χ0n) is 16.0. The Labute approximate surface area is 175 Å². The Balaban J connectivity index is 1.38. The van der Waals surface area contributed by atoms with Gasteiger partial charge in [0.2, 0.25) is 0 Å². The zero-order chi connectivity index (χ0) is 20.5. The number of nitrogens with zero attached hydrogens (tertiary/aromatic N) is 1. The molecule has 1 saturated carbocycles. The van der Waals surface area contributed by atoms with Crippen LogP contribution in [0, 0.1) is 0 Å². The molecular formula is C21H24N4O3S. The largest absolute Gasteiger partial charge is 0.484 e. The summed E-state index contributed by atoms with van der Waals surface area (Å²) in [5.74, 6) is 0.451. The highest BCUT2D eigenvalue weighted by atomic mass is 32.1. The Bertz CT molecular complexity index is 837. The van der Waals surface area contributed by atoms with Gasteiger partial charge in [0.05, 0.1) is 0 Å². The molecule has 1 aliphatic carbocycles. The van der Waals surface area contributed by atoms with E-state index in [1.165, 1.54) is 50.1 Å². The number of nitrogens with one attached hydrogen (secondary N) is 3. The maximum Gasteiger partial charge on any atom is 0.269 e. The van der Waals surface area contributed by atoms with E-state index in [1.807, 2.05) is 12.1 Å². The Morgan fingerprint density at radius 1 is 1.00 bits per heavy atom. The lowest BCUT2D eigenvalue weighted by Crippen LogP contribution is -2.49. The van der Waals surface area contributed by atoms with Crippen LogP contribution in [-0.2, 0) is 4.79 Å². The van der Waals surface area contributed by atoms with Gasteiger partial charge in [-0.3, -0.25) is 30.7 Å². The number of benzene rings is 1. The zero-order valence-corrected chi connectivity index (χ0v) is 16.8. The van der Waals surface area contributed by atoms with Crippen molar-refractivity contribution in [3.8, 4) is 5.75 Å². The van der Waals surface area contributed by atoms with Gasteiger partial charge in [0.25, 0.3) is 11.8 Å². The summed E-state index contributed by atoms with van der Waals surface area (Å²) in [6.45, 7) is -0.178. The Hall–Kier alpha value is -3.00. The number of hydrogen-bond acceptors (Lipinski definition) is 5. The molecule has 0 radical (unpaired) electrons. The number of hydrazine groups is 1. The molecule has 0 spiro atoms. The van der Waals surface area contributed by atoms with Crippen LogP contribution in [0.1, 0.15) is 53.9 Å². The van der Waals surface area contributed by atoms with Crippen molar-refractivity contribution >= 4 is 29.1 Å². The third-order valence-electron chi connectivity index (χ3n) is 4.81. The SMILES string of the molecule is O=C(COc1ccc(C2CCCCC2)cc1)NC(=S)NNC(=O)c1ccncc1. The van der Waals surface area contributed by atoms with Crippen LogP contribution in [0.5, 0.6) is 5.75 Å². The lowest BCUT2D eigenvalue weighted by atomic mass is 9.84. The first-order chi connectivity index (χ1) is 14.1. The van der Waals surface area contributed by atoms with Gasteiger partial charge in [-0.1, -0.05) is 31.4 Å². The standard InChI is InChI=1S/C21H24N4O3S/c26-19(23-21(29)25-24-20(27)17-10-12-22-13-11-17)14-28-18-8-6-16(7-9-18)15-4-2-1-3-5-15/h6-13,15H,1-5,14H2,(H,24,27)(H2,23,25,26,29). The molecule has 2 aromatic rings. The van der Waals surface area contributed by atoms with Crippen molar-refractivity contribution in [2.45, 2.75) is 38.0 Å². The normalized spacial score (nSPS) is 13.9. The second kappa shape index (κ2) is 10.5. The summed E-state index contributed by atoms with van der Waals surface area (Å²) in [5, 5.41) is 2.43. The second-order valence-electron chi connectivity index (χ2n) is 6.88. The highest BCUT2D eigenvalue weighted by Gasteiger charge is 2.15. The van der Waals surface area contributed by atoms with Crippen LogP contribution in [0.3, 0.4) is 0 Å². The van der Waals surface area contributed by atoms with E-state index in [2.05, 4.69) is 33.3 Å². The van der Waals surface area contributed by atoms with Gasteiger partial charge in [0, 0.05) is 18.0 Å². The molecule has 3 N–H and O–H groups in total. The van der Waals surface area contributed by atoms with E-state index in [-0.39, 0.29) is 11.7 Å². The predicted octanol–water partition coefficient (Wildman–Crippen LogP) is 2.84. The summed E-state index contributed by atoms with van der Waals surface area (Å²) < 4.78 is 5.51. The molecule has 1 fully saturated rings. The third-order valence-corrected chi connectivity index (χ3v) is 5.02. The minimum atomic E-state index is -0.419. The second-order valence-corrected chi connectivity index (χ2v) is 7.29. The number of carbonyl (C=O) groups is 2. The minimum Gasteiger partial charge on any atom is -0.484 e. The first-order valence-electron chi connectivity index (χ1n) is 9.65. The van der Waals surface area contributed by atoms with Crippen LogP contribution in [0.15, 0.2) is 48.8 Å². The molecule has 7 nitrogen and oxygen atoms in total. The first-order valence-corrected chi connectivity index (χ1v) is 10.1. The minimum absolute atomic E-state index is 0.0198. The number of thiocarbonyl (C=S) groups is 1. The Morgan fingerprint density at radius 3 is 2.38 bits per heavy atom. The van der Waals surface area contributed by atoms with Gasteiger partial charge in [-0.25, -0.2) is 0 Å². The lowest BCUT2D eigenvalue weighted by molar-refractivity contribution is -0.121. The molecule has 2 amide bonds. The fourth-order valence-corrected chi connectivity index (χ4v) is 3.47. The van der Waals surface area contributed by atoms with Gasteiger partial charge in [-0.2, -0.15) is 0 Å². The fourth-order valence-electron chi connectivity index (χ4n) is 3.30. The van der Waals surface area contributed by atoms with E-state index < -0.39 is 11.8 Å². The molecule has 1 heterocycles. The van der Waals surface area contributed by atoms with E-state index in [1.54, 1.807) is 12.1 Å². The van der Waals surface area contributed by atoms with Gasteiger partial charge >= 0.3 is 0 Å². The molecule has 1 aromatic carbocycles. The number of ether oxygens (including phenoxy) is 1. The molecule has 0 atom stereocenters. The number of carbonyl (C=O) groups excluding carboxylic acids is 2. The van der Waals surface area contributed by atoms with Crippen molar-refractivity contribution in [2.75, 3.05) is 6.61 Å². The van der Waals surface area contributed by atoms with Gasteiger partial charge in [0.1, 0.15) is 5.75 Å². The molecule has 0 saturated heterocycles. The summed E-state index contributed by atoms with van der Waals surface area (Å²) in [4.78, 5) is 27.7. The van der Waals surface area contributed by atoms with E-state index >= 15 is 0 Å². The maximum atomic E-state index is 12.0. The van der Waals surface area contributed by atoms with Crippen LogP contribution < -0.4 is 20.9 Å². The first kappa shape index (κ1) is 20.7. The van der Waals surface area contributed by atoms with Crippen LogP contribution in [0.25, 0.3) is 0 Å². The maximum absolute atomic E-state index is 12.0. The van der Waals surface area contributed by atoms with Gasteiger partial charge in [0.15, 0.2) is 11.7 Å². The summed E-state index contributed by atoms with van der Waals surface area (Å²) >= 11 is 4.99. The van der Waals surface area contributed by atoms with Crippen molar-refractivity contribution in [3.05, 3.63) is 59.9 Å². The average Bonchev–Trinajstić information content (AvgIpc) is 2.77. The van der Waals surface area contributed by atoms with E-state index in [9.17, 15) is 9.59 Å². The molecule has 0 aliphatic heterocycles. The topological polar surface area (TPSA) is 92.4 Å². The number of pyridine rings is 1. The summed E-state index contributed by atoms with van der Waals surface area (Å²) in [5.41, 5.74) is 6.63. The number of hydrogen-bond donors (Lipinski definition) is 3. The molecule has 3 rings (SSSR count). The van der Waals surface area contributed by atoms with Crippen molar-refractivity contribution in [1.29, 1.82) is 0 Å². The number of aromatic nitrogens is 1. The van der Waals surface area contributed by atoms with Gasteiger partial charge in [-0.15, -0.1) is 0 Å². The van der Waals surface area contributed by atoms with Crippen molar-refractivity contribution in [3.63, 3.8) is 0 Å². The highest BCUT2D eigenvalue weighted by molar-refractivity contribution is 7.80. The number of amides is 2. The Kier molecular flexibility index (Phi) is 7.52. The van der Waals surface area contributed by atoms with Gasteiger partial charge < -0.3 is 4.74 Å². The van der Waals surface area contributed by atoms with Crippen molar-refractivity contribution < 1.29 is 14.3 Å². The van der Waals surface area contributed by atoms with Crippen molar-refractivity contribution in [2.24, 2.45) is 0 Å². The molecule has 152 valence electrons. The van der Waals surface area contributed by atoms with E-state index in [4.69, 9.17) is 17.0 Å².